The molecule has 1 fully saturated rings. The highest BCUT2D eigenvalue weighted by atomic mass is 16.6. The molecule has 0 bridgehead atoms. The number of rotatable bonds is 5. The van der Waals surface area contributed by atoms with Crippen LogP contribution >= 0.6 is 0 Å². The first kappa shape index (κ1) is 15.4. The van der Waals surface area contributed by atoms with Gasteiger partial charge < -0.3 is 20.1 Å². The second kappa shape index (κ2) is 5.81. The number of aliphatic hydroxyl groups excluding tert-OH is 2. The second-order valence-corrected chi connectivity index (χ2v) is 5.60. The Morgan fingerprint density at radius 3 is 2.95 bits per heavy atom. The first-order chi connectivity index (χ1) is 9.40. The minimum Gasteiger partial charge on any atom is -0.459 e. The number of hydrogen-bond donors (Lipinski definition) is 3. The summed E-state index contributed by atoms with van der Waals surface area (Å²) >= 11 is 0. The van der Waals surface area contributed by atoms with Crippen molar-refractivity contribution in [1.82, 2.24) is 4.90 Å². The van der Waals surface area contributed by atoms with Crippen LogP contribution in [0.5, 0.6) is 0 Å². The number of carbonyl (C=O) groups is 1. The molecule has 0 spiro atoms. The van der Waals surface area contributed by atoms with E-state index in [1.165, 1.54) is 6.92 Å². The van der Waals surface area contributed by atoms with Crippen LogP contribution in [0.3, 0.4) is 0 Å². The van der Waals surface area contributed by atoms with Crippen LogP contribution in [0.2, 0.25) is 0 Å². The van der Waals surface area contributed by atoms with E-state index in [1.807, 2.05) is 6.08 Å². The summed E-state index contributed by atoms with van der Waals surface area (Å²) in [5, 5.41) is 29.5. The maximum atomic E-state index is 11.9. The van der Waals surface area contributed by atoms with E-state index in [0.29, 0.717) is 0 Å². The Labute approximate surface area is 118 Å². The van der Waals surface area contributed by atoms with Gasteiger partial charge in [-0.25, -0.2) is 4.79 Å². The van der Waals surface area contributed by atoms with E-state index in [1.54, 1.807) is 6.92 Å². The molecular weight excluding hydrogens is 262 g/mol. The number of nitrogens with zero attached hydrogens (tertiary/aromatic N) is 1. The quantitative estimate of drug-likeness (QED) is 0.463. The van der Waals surface area contributed by atoms with Crippen molar-refractivity contribution >= 4 is 5.97 Å². The molecule has 4 atom stereocenters. The number of carbonyl (C=O) groups excluding carboxylic acids is 1. The molecule has 6 nitrogen and oxygen atoms in total. The molecule has 2 aliphatic heterocycles. The fourth-order valence-electron chi connectivity index (χ4n) is 2.91. The average Bonchev–Trinajstić information content (AvgIpc) is 2.98. The maximum absolute atomic E-state index is 11.9. The third-order valence-electron chi connectivity index (χ3n) is 4.39. The van der Waals surface area contributed by atoms with Crippen LogP contribution in [0.4, 0.5) is 0 Å². The van der Waals surface area contributed by atoms with Crippen molar-refractivity contribution < 1.29 is 24.9 Å². The minimum atomic E-state index is -1.87. The Morgan fingerprint density at radius 2 is 2.35 bits per heavy atom. The van der Waals surface area contributed by atoms with Crippen LogP contribution in [-0.2, 0) is 9.53 Å². The van der Waals surface area contributed by atoms with E-state index < -0.39 is 23.8 Å². The molecule has 2 rings (SSSR count). The molecule has 1 saturated heterocycles. The average molecular weight is 285 g/mol. The van der Waals surface area contributed by atoms with Crippen molar-refractivity contribution in [2.45, 2.75) is 50.5 Å². The topological polar surface area (TPSA) is 90.2 Å². The molecule has 2 aliphatic rings. The predicted octanol–water partition coefficient (Wildman–Crippen LogP) is -0.573. The monoisotopic (exact) mass is 285 g/mol. The predicted molar refractivity (Wildman–Crippen MR) is 71.9 cm³/mol. The van der Waals surface area contributed by atoms with Crippen LogP contribution in [0.15, 0.2) is 11.6 Å². The zero-order chi connectivity index (χ0) is 14.9. The standard InChI is InChI=1S/C14H23NO5/c1-3-14(19,9(2)16)13(18)20-8-10-4-6-15-7-5-11(17)12(10)15/h4,9,11-12,16-17,19H,3,5-8H2,1-2H3. The molecular formula is C14H23NO5. The van der Waals surface area contributed by atoms with E-state index in [0.717, 1.165) is 25.1 Å². The fraction of sp³-hybridized carbons (Fsp3) is 0.786. The highest BCUT2D eigenvalue weighted by Gasteiger charge is 2.42. The van der Waals surface area contributed by atoms with Gasteiger partial charge in [0.15, 0.2) is 5.60 Å². The molecule has 0 saturated carbocycles. The molecule has 0 amide bonds. The van der Waals surface area contributed by atoms with Gasteiger partial charge in [0.25, 0.3) is 0 Å². The van der Waals surface area contributed by atoms with Crippen molar-refractivity contribution in [3.8, 4) is 0 Å². The van der Waals surface area contributed by atoms with Gasteiger partial charge in [0.1, 0.15) is 6.61 Å². The van der Waals surface area contributed by atoms with Crippen LogP contribution in [0, 0.1) is 0 Å². The zero-order valence-electron chi connectivity index (χ0n) is 12.0. The van der Waals surface area contributed by atoms with Crippen molar-refractivity contribution in [2.24, 2.45) is 0 Å². The SMILES string of the molecule is CCC(O)(C(=O)OCC1=CCN2CCC(O)C12)C(C)O. The van der Waals surface area contributed by atoms with Crippen LogP contribution < -0.4 is 0 Å². The van der Waals surface area contributed by atoms with E-state index in [2.05, 4.69) is 4.90 Å². The van der Waals surface area contributed by atoms with E-state index in [9.17, 15) is 20.1 Å². The maximum Gasteiger partial charge on any atom is 0.341 e. The highest BCUT2D eigenvalue weighted by Crippen LogP contribution is 2.29. The number of ether oxygens (including phenoxy) is 1. The Morgan fingerprint density at radius 1 is 1.65 bits per heavy atom. The number of fused-ring (bicyclic) bond motifs is 1. The molecule has 0 radical (unpaired) electrons. The molecule has 0 aromatic heterocycles. The van der Waals surface area contributed by atoms with Gasteiger partial charge in [0.2, 0.25) is 0 Å². The Balaban J connectivity index is 1.94. The zero-order valence-corrected chi connectivity index (χ0v) is 12.0. The number of aliphatic hydroxyl groups is 3. The van der Waals surface area contributed by atoms with Crippen molar-refractivity contribution in [3.63, 3.8) is 0 Å². The minimum absolute atomic E-state index is 0.0477. The van der Waals surface area contributed by atoms with Crippen LogP contribution in [0.25, 0.3) is 0 Å². The Kier molecular flexibility index (Phi) is 4.49. The van der Waals surface area contributed by atoms with Gasteiger partial charge in [0.05, 0.1) is 18.2 Å². The Hall–Kier alpha value is -0.950. The molecule has 4 unspecified atom stereocenters. The number of esters is 1. The number of hydrogen-bond acceptors (Lipinski definition) is 6. The third kappa shape index (κ3) is 2.61. The molecule has 6 heteroatoms. The third-order valence-corrected chi connectivity index (χ3v) is 4.39. The van der Waals surface area contributed by atoms with Crippen molar-refractivity contribution in [1.29, 1.82) is 0 Å². The summed E-state index contributed by atoms with van der Waals surface area (Å²) in [5.41, 5.74) is -1.000. The Bertz CT molecular complexity index is 408. The molecule has 0 aliphatic carbocycles. The van der Waals surface area contributed by atoms with Crippen LogP contribution in [0.1, 0.15) is 26.7 Å². The van der Waals surface area contributed by atoms with Gasteiger partial charge in [-0.15, -0.1) is 0 Å². The van der Waals surface area contributed by atoms with Crippen LogP contribution in [-0.4, -0.2) is 69.7 Å². The summed E-state index contributed by atoms with van der Waals surface area (Å²) in [7, 11) is 0. The van der Waals surface area contributed by atoms with Gasteiger partial charge in [-0.1, -0.05) is 13.0 Å². The fourth-order valence-corrected chi connectivity index (χ4v) is 2.91. The summed E-state index contributed by atoms with van der Waals surface area (Å²) < 4.78 is 5.14. The highest BCUT2D eigenvalue weighted by molar-refractivity contribution is 5.80. The van der Waals surface area contributed by atoms with Gasteiger partial charge in [-0.2, -0.15) is 0 Å². The molecule has 114 valence electrons. The molecule has 0 aromatic carbocycles. The molecule has 0 aromatic rings. The molecule has 2 heterocycles. The molecule has 3 N–H and O–H groups in total. The lowest BCUT2D eigenvalue weighted by Crippen LogP contribution is -2.49. The van der Waals surface area contributed by atoms with E-state index in [-0.39, 0.29) is 19.1 Å². The van der Waals surface area contributed by atoms with E-state index >= 15 is 0 Å². The lowest BCUT2D eigenvalue weighted by Gasteiger charge is -2.28. The van der Waals surface area contributed by atoms with Crippen molar-refractivity contribution in [3.05, 3.63) is 11.6 Å². The summed E-state index contributed by atoms with van der Waals surface area (Å²) in [6.45, 7) is 4.62. The summed E-state index contributed by atoms with van der Waals surface area (Å²) in [4.78, 5) is 14.1. The smallest absolute Gasteiger partial charge is 0.341 e. The largest absolute Gasteiger partial charge is 0.459 e. The first-order valence-electron chi connectivity index (χ1n) is 7.09. The van der Waals surface area contributed by atoms with Gasteiger partial charge in [-0.3, -0.25) is 4.90 Å². The second-order valence-electron chi connectivity index (χ2n) is 5.60. The van der Waals surface area contributed by atoms with Gasteiger partial charge in [0, 0.05) is 13.1 Å². The lowest BCUT2D eigenvalue weighted by molar-refractivity contribution is -0.176. The van der Waals surface area contributed by atoms with Gasteiger partial charge >= 0.3 is 5.97 Å². The molecule has 20 heavy (non-hydrogen) atoms. The van der Waals surface area contributed by atoms with Crippen molar-refractivity contribution in [2.75, 3.05) is 19.7 Å². The lowest BCUT2D eigenvalue weighted by atomic mass is 9.95. The summed E-state index contributed by atoms with van der Waals surface area (Å²) in [6, 6.07) is -0.0796. The first-order valence-corrected chi connectivity index (χ1v) is 7.09. The van der Waals surface area contributed by atoms with E-state index in [4.69, 9.17) is 4.74 Å². The summed E-state index contributed by atoms with van der Waals surface area (Å²) in [6.07, 6.45) is 1.15. The van der Waals surface area contributed by atoms with Gasteiger partial charge in [-0.05, 0) is 25.3 Å². The normalized spacial score (nSPS) is 30.6. The summed E-state index contributed by atoms with van der Waals surface area (Å²) in [5.74, 6) is -0.818.